The van der Waals surface area contributed by atoms with E-state index >= 15 is 0 Å². The number of unbranched alkanes of at least 4 members (excludes halogenated alkanes) is 37. The van der Waals surface area contributed by atoms with Crippen LogP contribution in [0.4, 0.5) is 0 Å². The highest BCUT2D eigenvalue weighted by atomic mass is 16.5. The molecular weight excluding hydrogens is 633 g/mol. The van der Waals surface area contributed by atoms with E-state index in [1.165, 1.54) is 250 Å². The summed E-state index contributed by atoms with van der Waals surface area (Å²) in [6.45, 7) is 7.60. The maximum Gasteiger partial charge on any atom is 0.305 e. The highest BCUT2D eigenvalue weighted by Crippen LogP contribution is 2.17. The first-order valence-electron chi connectivity index (χ1n) is 24.5. The van der Waals surface area contributed by atoms with Gasteiger partial charge >= 0.3 is 5.97 Å². The average Bonchev–Trinajstić information content (AvgIpc) is 3.13. The Balaban J connectivity index is 3.17. The minimum Gasteiger partial charge on any atom is -0.466 e. The zero-order valence-electron chi connectivity index (χ0n) is 36.5. The van der Waals surface area contributed by atoms with Crippen LogP contribution < -0.4 is 0 Å². The van der Waals surface area contributed by atoms with Gasteiger partial charge in [-0.05, 0) is 44.4 Å². The van der Waals surface area contributed by atoms with Crippen molar-refractivity contribution in [1.29, 1.82) is 0 Å². The predicted octanol–water partition coefficient (Wildman–Crippen LogP) is 18.1. The number of carbonyl (C=O) groups is 1. The van der Waals surface area contributed by atoms with Gasteiger partial charge in [0.25, 0.3) is 0 Å². The Kier molecular flexibility index (Phi) is 45.7. The highest BCUT2D eigenvalue weighted by molar-refractivity contribution is 5.69. The molecule has 0 aromatic rings. The summed E-state index contributed by atoms with van der Waals surface area (Å²) in [7, 11) is 0. The Hall–Kier alpha value is -0.790. The van der Waals surface area contributed by atoms with E-state index in [0.29, 0.717) is 13.0 Å². The van der Waals surface area contributed by atoms with Crippen molar-refractivity contribution in [2.75, 3.05) is 6.61 Å². The number of allylic oxidation sites excluding steroid dienone is 2. The molecule has 0 saturated carbocycles. The highest BCUT2D eigenvalue weighted by Gasteiger charge is 2.03. The van der Waals surface area contributed by atoms with E-state index in [1.807, 2.05) is 0 Å². The molecule has 0 rings (SSSR count). The number of esters is 1. The van der Waals surface area contributed by atoms with Gasteiger partial charge in [0, 0.05) is 6.42 Å². The Morgan fingerprint density at radius 2 is 0.673 bits per heavy atom. The number of carbonyl (C=O) groups excluding carboxylic acids is 1. The van der Waals surface area contributed by atoms with E-state index in [9.17, 15) is 4.79 Å². The van der Waals surface area contributed by atoms with Crippen molar-refractivity contribution in [1.82, 2.24) is 0 Å². The van der Waals surface area contributed by atoms with Crippen molar-refractivity contribution in [3.05, 3.63) is 12.2 Å². The molecule has 0 amide bonds. The molecule has 2 heteroatoms. The third-order valence-electron chi connectivity index (χ3n) is 11.3. The van der Waals surface area contributed by atoms with Gasteiger partial charge in [0.1, 0.15) is 0 Å². The van der Waals surface area contributed by atoms with Crippen molar-refractivity contribution in [2.45, 2.75) is 290 Å². The van der Waals surface area contributed by atoms with Crippen molar-refractivity contribution < 1.29 is 9.53 Å². The number of rotatable bonds is 45. The second-order valence-electron chi connectivity index (χ2n) is 17.3. The minimum absolute atomic E-state index is 0.0295. The summed E-state index contributed by atoms with van der Waals surface area (Å²) in [4.78, 5) is 12.0. The van der Waals surface area contributed by atoms with Crippen LogP contribution in [0.2, 0.25) is 0 Å². The molecular formula is C50H98O2. The summed E-state index contributed by atoms with van der Waals surface area (Å²) in [6, 6.07) is 0. The molecule has 0 N–H and O–H groups in total. The lowest BCUT2D eigenvalue weighted by molar-refractivity contribution is -0.143. The van der Waals surface area contributed by atoms with Crippen molar-refractivity contribution >= 4 is 5.97 Å². The SMILES string of the molecule is CCCCCCCCCCCCCCCCCCCCCCCCCOC(=O)CCCCCCCCCCCCCC=CCCCCCCC(C)C. The topological polar surface area (TPSA) is 26.3 Å². The fourth-order valence-electron chi connectivity index (χ4n) is 7.67. The van der Waals surface area contributed by atoms with E-state index in [0.717, 1.165) is 18.8 Å². The Labute approximate surface area is 329 Å². The molecule has 310 valence electrons. The van der Waals surface area contributed by atoms with Crippen LogP contribution in [0.1, 0.15) is 290 Å². The zero-order chi connectivity index (χ0) is 37.7. The normalized spacial score (nSPS) is 11.8. The Bertz CT molecular complexity index is 682. The van der Waals surface area contributed by atoms with Crippen LogP contribution in [0.5, 0.6) is 0 Å². The molecule has 0 aromatic carbocycles. The van der Waals surface area contributed by atoms with Gasteiger partial charge in [-0.15, -0.1) is 0 Å². The van der Waals surface area contributed by atoms with Crippen LogP contribution in [0.15, 0.2) is 12.2 Å². The van der Waals surface area contributed by atoms with E-state index < -0.39 is 0 Å². The molecule has 0 aliphatic rings. The lowest BCUT2D eigenvalue weighted by Gasteiger charge is -2.06. The molecule has 0 fully saturated rings. The Morgan fingerprint density at radius 3 is 1.02 bits per heavy atom. The summed E-state index contributed by atoms with van der Waals surface area (Å²) in [5, 5.41) is 0. The predicted molar refractivity (Wildman–Crippen MR) is 235 cm³/mol. The minimum atomic E-state index is 0.0295. The largest absolute Gasteiger partial charge is 0.466 e. The molecule has 0 saturated heterocycles. The monoisotopic (exact) mass is 731 g/mol. The summed E-state index contributed by atoms with van der Waals surface area (Å²) in [5.74, 6) is 0.898. The molecule has 0 heterocycles. The first-order valence-corrected chi connectivity index (χ1v) is 24.5. The quantitative estimate of drug-likeness (QED) is 0.0354. The molecule has 0 unspecified atom stereocenters. The van der Waals surface area contributed by atoms with Crippen LogP contribution in [-0.2, 0) is 9.53 Å². The molecule has 0 spiro atoms. The van der Waals surface area contributed by atoms with Gasteiger partial charge in [0.05, 0.1) is 6.61 Å². The van der Waals surface area contributed by atoms with Crippen molar-refractivity contribution in [3.63, 3.8) is 0 Å². The van der Waals surface area contributed by atoms with Crippen LogP contribution in [0.3, 0.4) is 0 Å². The van der Waals surface area contributed by atoms with E-state index in [-0.39, 0.29) is 5.97 Å². The Morgan fingerprint density at radius 1 is 0.385 bits per heavy atom. The lowest BCUT2D eigenvalue weighted by Crippen LogP contribution is -2.05. The van der Waals surface area contributed by atoms with Crippen LogP contribution in [0, 0.1) is 5.92 Å². The van der Waals surface area contributed by atoms with Gasteiger partial charge in [-0.1, -0.05) is 258 Å². The fourth-order valence-corrected chi connectivity index (χ4v) is 7.67. The number of hydrogen-bond acceptors (Lipinski definition) is 2. The van der Waals surface area contributed by atoms with Crippen molar-refractivity contribution in [3.8, 4) is 0 Å². The van der Waals surface area contributed by atoms with Crippen LogP contribution >= 0.6 is 0 Å². The molecule has 0 aromatic heterocycles. The molecule has 0 radical (unpaired) electrons. The number of hydrogen-bond donors (Lipinski definition) is 0. The second-order valence-corrected chi connectivity index (χ2v) is 17.3. The van der Waals surface area contributed by atoms with Gasteiger partial charge in [-0.25, -0.2) is 0 Å². The van der Waals surface area contributed by atoms with Gasteiger partial charge in [-0.2, -0.15) is 0 Å². The third kappa shape index (κ3) is 47.2. The molecule has 52 heavy (non-hydrogen) atoms. The van der Waals surface area contributed by atoms with Gasteiger partial charge < -0.3 is 4.74 Å². The first kappa shape index (κ1) is 51.2. The second kappa shape index (κ2) is 46.4. The summed E-state index contributed by atoms with van der Waals surface area (Å²) >= 11 is 0. The third-order valence-corrected chi connectivity index (χ3v) is 11.3. The van der Waals surface area contributed by atoms with E-state index in [1.54, 1.807) is 0 Å². The van der Waals surface area contributed by atoms with Gasteiger partial charge in [-0.3, -0.25) is 4.79 Å². The molecule has 0 aliphatic heterocycles. The van der Waals surface area contributed by atoms with Gasteiger partial charge in [0.2, 0.25) is 0 Å². The average molecular weight is 731 g/mol. The molecule has 2 nitrogen and oxygen atoms in total. The van der Waals surface area contributed by atoms with E-state index in [4.69, 9.17) is 4.74 Å². The summed E-state index contributed by atoms with van der Waals surface area (Å²) < 4.78 is 5.49. The fraction of sp³-hybridized carbons (Fsp3) is 0.940. The van der Waals surface area contributed by atoms with Crippen molar-refractivity contribution in [2.24, 2.45) is 5.92 Å². The molecule has 0 atom stereocenters. The van der Waals surface area contributed by atoms with E-state index in [2.05, 4.69) is 32.9 Å². The summed E-state index contributed by atoms with van der Waals surface area (Å²) in [6.07, 6.45) is 62.0. The molecule has 0 aliphatic carbocycles. The first-order chi connectivity index (χ1) is 25.7. The van der Waals surface area contributed by atoms with Crippen LogP contribution in [-0.4, -0.2) is 12.6 Å². The van der Waals surface area contributed by atoms with Gasteiger partial charge in [0.15, 0.2) is 0 Å². The smallest absolute Gasteiger partial charge is 0.305 e. The molecule has 0 bridgehead atoms. The number of ether oxygens (including phenoxy) is 1. The maximum atomic E-state index is 12.0. The zero-order valence-corrected chi connectivity index (χ0v) is 36.5. The van der Waals surface area contributed by atoms with Crippen LogP contribution in [0.25, 0.3) is 0 Å². The lowest BCUT2D eigenvalue weighted by atomic mass is 10.0. The summed E-state index contributed by atoms with van der Waals surface area (Å²) in [5.41, 5.74) is 0. The maximum absolute atomic E-state index is 12.0. The standard InChI is InChI=1S/C50H98O2/c1-4-5-6-7-8-9-10-11-12-13-14-15-16-17-21-24-27-30-33-36-39-42-45-48-52-50(51)47-44-41-38-35-32-29-26-23-20-18-19-22-25-28-31-34-37-40-43-46-49(2)3/h25,28,49H,4-24,26-27,29-48H2,1-3H3.